The number of benzene rings is 2. The largest absolute Gasteiger partial charge is 0.497 e. The first kappa shape index (κ1) is 28.5. The summed E-state index contributed by atoms with van der Waals surface area (Å²) < 4.78 is 53.4. The summed E-state index contributed by atoms with van der Waals surface area (Å²) in [4.78, 5) is 21.4. The van der Waals surface area contributed by atoms with E-state index in [1.807, 2.05) is 30.0 Å². The molecular formula is C29H32F3N5O4. The number of aliphatic carboxylic acids is 1. The Morgan fingerprint density at radius 3 is 2.46 bits per heavy atom. The second-order valence-corrected chi connectivity index (χ2v) is 10.7. The van der Waals surface area contributed by atoms with Gasteiger partial charge in [0, 0.05) is 31.3 Å². The number of nitrogen functional groups attached to an aromatic ring is 1. The summed E-state index contributed by atoms with van der Waals surface area (Å²) in [5.74, 6) is -0.323. The SMILES string of the molecule is COc1ccc(C)c(-c2ccc([C@@H](Oc3cc(N4CCC5(CC4)CNC(C(=O)O)C5)nc(N)n3)C(F)(F)F)cc2)c1. The molecule has 4 N–H and O–H groups in total. The molecule has 0 saturated carbocycles. The van der Waals surface area contributed by atoms with Crippen molar-refractivity contribution in [3.8, 4) is 22.8 Å². The maximum atomic E-state index is 14.2. The van der Waals surface area contributed by atoms with Gasteiger partial charge in [0.1, 0.15) is 17.6 Å². The topological polar surface area (TPSA) is 123 Å². The van der Waals surface area contributed by atoms with Crippen molar-refractivity contribution >= 4 is 17.7 Å². The van der Waals surface area contributed by atoms with Gasteiger partial charge in [-0.05, 0) is 60.4 Å². The van der Waals surface area contributed by atoms with E-state index in [1.165, 1.54) is 18.2 Å². The molecule has 0 amide bonds. The Hall–Kier alpha value is -4.06. The highest BCUT2D eigenvalue weighted by Gasteiger charge is 2.45. The summed E-state index contributed by atoms with van der Waals surface area (Å²) in [5, 5.41) is 12.4. The second-order valence-electron chi connectivity index (χ2n) is 10.7. The molecule has 1 aromatic heterocycles. The van der Waals surface area contributed by atoms with Crippen LogP contribution >= 0.6 is 0 Å². The van der Waals surface area contributed by atoms with E-state index in [1.54, 1.807) is 19.2 Å². The van der Waals surface area contributed by atoms with Crippen LogP contribution in [0.3, 0.4) is 0 Å². The highest BCUT2D eigenvalue weighted by atomic mass is 19.4. The number of ether oxygens (including phenoxy) is 2. The van der Waals surface area contributed by atoms with Gasteiger partial charge in [-0.15, -0.1) is 0 Å². The van der Waals surface area contributed by atoms with Crippen molar-refractivity contribution < 1.29 is 32.5 Å². The second kappa shape index (κ2) is 11.1. The number of nitrogens with one attached hydrogen (secondary N) is 1. The number of halogens is 3. The van der Waals surface area contributed by atoms with Gasteiger partial charge >= 0.3 is 12.1 Å². The minimum absolute atomic E-state index is 0.0813. The molecule has 2 aliphatic heterocycles. The molecule has 12 heteroatoms. The average Bonchev–Trinajstić information content (AvgIpc) is 3.35. The molecule has 218 valence electrons. The number of hydrogen-bond acceptors (Lipinski definition) is 8. The Bertz CT molecular complexity index is 1410. The molecule has 2 atom stereocenters. The first-order chi connectivity index (χ1) is 19.5. The number of nitrogens with zero attached hydrogens (tertiary/aromatic N) is 3. The highest BCUT2D eigenvalue weighted by molar-refractivity contribution is 5.74. The van der Waals surface area contributed by atoms with Crippen LogP contribution in [0.15, 0.2) is 48.5 Å². The Morgan fingerprint density at radius 1 is 1.15 bits per heavy atom. The van der Waals surface area contributed by atoms with Crippen molar-refractivity contribution in [1.29, 1.82) is 0 Å². The maximum Gasteiger partial charge on any atom is 0.429 e. The maximum absolute atomic E-state index is 14.2. The van der Waals surface area contributed by atoms with Gasteiger partial charge in [-0.3, -0.25) is 4.79 Å². The van der Waals surface area contributed by atoms with Crippen molar-refractivity contribution in [2.75, 3.05) is 37.4 Å². The zero-order valence-corrected chi connectivity index (χ0v) is 22.7. The van der Waals surface area contributed by atoms with Gasteiger partial charge in [0.05, 0.1) is 7.11 Å². The molecule has 3 aromatic rings. The lowest BCUT2D eigenvalue weighted by atomic mass is 9.76. The van der Waals surface area contributed by atoms with E-state index in [0.29, 0.717) is 50.5 Å². The average molecular weight is 572 g/mol. The summed E-state index contributed by atoms with van der Waals surface area (Å²) in [6, 6.07) is 12.4. The van der Waals surface area contributed by atoms with E-state index in [9.17, 15) is 23.1 Å². The van der Waals surface area contributed by atoms with Crippen LogP contribution in [0.1, 0.15) is 36.5 Å². The van der Waals surface area contributed by atoms with Gasteiger partial charge in [-0.2, -0.15) is 23.1 Å². The fourth-order valence-electron chi connectivity index (χ4n) is 5.66. The Labute approximate surface area is 235 Å². The number of anilines is 2. The fourth-order valence-corrected chi connectivity index (χ4v) is 5.66. The zero-order chi connectivity index (χ0) is 29.4. The van der Waals surface area contributed by atoms with Gasteiger partial charge in [0.2, 0.25) is 17.9 Å². The lowest BCUT2D eigenvalue weighted by Gasteiger charge is -2.39. The molecule has 3 heterocycles. The number of carbonyl (C=O) groups is 1. The van der Waals surface area contributed by atoms with E-state index in [-0.39, 0.29) is 22.8 Å². The van der Waals surface area contributed by atoms with Crippen molar-refractivity contribution in [2.24, 2.45) is 5.41 Å². The Morgan fingerprint density at radius 2 is 1.85 bits per heavy atom. The summed E-state index contributed by atoms with van der Waals surface area (Å²) in [5.41, 5.74) is 8.23. The van der Waals surface area contributed by atoms with Crippen molar-refractivity contribution in [2.45, 2.75) is 44.5 Å². The van der Waals surface area contributed by atoms with Gasteiger partial charge in [-0.25, -0.2) is 0 Å². The molecule has 2 fully saturated rings. The standard InChI is InChI=1S/C29H32F3N5O4/c1-17-3-8-20(40-2)13-21(17)18-4-6-19(7-5-18)25(29(30,31)32)41-24-14-23(35-27(33)36-24)37-11-9-28(10-12-37)15-22(26(38)39)34-16-28/h3-8,13-14,22,25,34H,9-12,15-16H2,1-2H3,(H,38,39)(H2,33,35,36)/t22?,25-/m1/s1. The summed E-state index contributed by atoms with van der Waals surface area (Å²) in [6.45, 7) is 3.64. The van der Waals surface area contributed by atoms with E-state index >= 15 is 0 Å². The Balaban J connectivity index is 1.33. The summed E-state index contributed by atoms with van der Waals surface area (Å²) >= 11 is 0. The van der Waals surface area contributed by atoms with Crippen LogP contribution in [0.5, 0.6) is 11.6 Å². The molecule has 9 nitrogen and oxygen atoms in total. The van der Waals surface area contributed by atoms with Crippen LogP contribution in [0, 0.1) is 12.3 Å². The van der Waals surface area contributed by atoms with Crippen LogP contribution in [-0.2, 0) is 4.79 Å². The molecule has 2 aliphatic rings. The summed E-state index contributed by atoms with van der Waals surface area (Å²) in [7, 11) is 1.55. The number of aromatic nitrogens is 2. The third-order valence-electron chi connectivity index (χ3n) is 8.02. The van der Waals surface area contributed by atoms with E-state index in [2.05, 4.69) is 15.3 Å². The predicted octanol–water partition coefficient (Wildman–Crippen LogP) is 4.76. The van der Waals surface area contributed by atoms with E-state index in [4.69, 9.17) is 15.2 Å². The van der Waals surface area contributed by atoms with Crippen LogP contribution in [0.4, 0.5) is 24.9 Å². The number of rotatable bonds is 7. The molecule has 2 aromatic carbocycles. The first-order valence-electron chi connectivity index (χ1n) is 13.3. The summed E-state index contributed by atoms with van der Waals surface area (Å²) in [6.07, 6.45) is -5.02. The number of piperidine rings is 1. The predicted molar refractivity (Wildman–Crippen MR) is 147 cm³/mol. The number of nitrogens with two attached hydrogens (primary N) is 1. The zero-order valence-electron chi connectivity index (χ0n) is 22.7. The molecule has 0 bridgehead atoms. The van der Waals surface area contributed by atoms with Crippen LogP contribution in [0.25, 0.3) is 11.1 Å². The van der Waals surface area contributed by atoms with Gasteiger partial charge < -0.3 is 30.5 Å². The molecule has 1 spiro atoms. The van der Waals surface area contributed by atoms with Gasteiger partial charge in [-0.1, -0.05) is 30.3 Å². The van der Waals surface area contributed by atoms with Gasteiger partial charge in [0.25, 0.3) is 0 Å². The molecule has 1 unspecified atom stereocenters. The molecule has 0 radical (unpaired) electrons. The number of methoxy groups -OCH3 is 1. The highest BCUT2D eigenvalue weighted by Crippen LogP contribution is 2.41. The number of carboxylic acids is 1. The number of alkyl halides is 3. The Kier molecular flexibility index (Phi) is 7.69. The molecule has 2 saturated heterocycles. The lowest BCUT2D eigenvalue weighted by molar-refractivity contribution is -0.198. The number of carboxylic acid groups (broad SMARTS) is 1. The minimum atomic E-state index is -4.72. The first-order valence-corrected chi connectivity index (χ1v) is 13.3. The quantitative estimate of drug-likeness (QED) is 0.368. The van der Waals surface area contributed by atoms with E-state index in [0.717, 1.165) is 16.7 Å². The molecular weight excluding hydrogens is 539 g/mol. The van der Waals surface area contributed by atoms with Crippen molar-refractivity contribution in [3.63, 3.8) is 0 Å². The monoisotopic (exact) mass is 571 g/mol. The molecule has 0 aliphatic carbocycles. The molecule has 41 heavy (non-hydrogen) atoms. The van der Waals surface area contributed by atoms with Gasteiger partial charge in [0.15, 0.2) is 0 Å². The van der Waals surface area contributed by atoms with Crippen molar-refractivity contribution in [1.82, 2.24) is 15.3 Å². The van der Waals surface area contributed by atoms with Crippen LogP contribution < -0.4 is 25.4 Å². The van der Waals surface area contributed by atoms with Crippen LogP contribution in [0.2, 0.25) is 0 Å². The normalized spacial score (nSPS) is 19.2. The third-order valence-corrected chi connectivity index (χ3v) is 8.02. The van der Waals surface area contributed by atoms with Crippen molar-refractivity contribution in [3.05, 3.63) is 59.7 Å². The minimum Gasteiger partial charge on any atom is -0.497 e. The number of aryl methyl sites for hydroxylation is 1. The smallest absolute Gasteiger partial charge is 0.429 e. The van der Waals surface area contributed by atoms with Crippen LogP contribution in [-0.4, -0.2) is 60.0 Å². The number of hydrogen-bond donors (Lipinski definition) is 3. The fraction of sp³-hybridized carbons (Fsp3) is 0.414. The lowest BCUT2D eigenvalue weighted by Crippen LogP contribution is -2.41. The van der Waals surface area contributed by atoms with E-state index < -0.39 is 24.3 Å². The third kappa shape index (κ3) is 6.17. The molecule has 5 rings (SSSR count).